The summed E-state index contributed by atoms with van der Waals surface area (Å²) in [6, 6.07) is 0. The minimum Gasteiger partial charge on any atom is -0.463 e. The third-order valence-electron chi connectivity index (χ3n) is 1.37. The lowest BCUT2D eigenvalue weighted by Crippen LogP contribution is -2.24. The lowest BCUT2D eigenvalue weighted by atomic mass is 10.3. The smallest absolute Gasteiger partial charge is 0.306 e. The molecule has 80 valence electrons. The molecule has 0 rings (SSSR count). The Morgan fingerprint density at radius 1 is 1.43 bits per heavy atom. The van der Waals surface area contributed by atoms with Crippen molar-refractivity contribution in [3.8, 4) is 0 Å². The summed E-state index contributed by atoms with van der Waals surface area (Å²) < 4.78 is 4.87. The topological polar surface area (TPSA) is 55.4 Å². The summed E-state index contributed by atoms with van der Waals surface area (Å²) in [5.41, 5.74) is 0. The number of carbonyl (C=O) groups is 2. The molecule has 0 aliphatic rings. The van der Waals surface area contributed by atoms with Gasteiger partial charge in [0, 0.05) is 13.0 Å². The van der Waals surface area contributed by atoms with Gasteiger partial charge in [0.1, 0.15) is 0 Å². The van der Waals surface area contributed by atoms with Crippen molar-refractivity contribution in [1.29, 1.82) is 0 Å². The minimum absolute atomic E-state index is 0.126. The fourth-order valence-corrected chi connectivity index (χ4v) is 0.812. The van der Waals surface area contributed by atoms with Crippen molar-refractivity contribution in [3.05, 3.63) is 12.7 Å². The zero-order chi connectivity index (χ0) is 11.0. The van der Waals surface area contributed by atoms with Crippen molar-refractivity contribution in [1.82, 2.24) is 5.32 Å². The van der Waals surface area contributed by atoms with Crippen LogP contribution in [0.15, 0.2) is 12.7 Å². The zero-order valence-electron chi connectivity index (χ0n) is 8.71. The number of hydrogen-bond acceptors (Lipinski definition) is 3. The molecule has 0 saturated carbocycles. The number of ether oxygens (including phenoxy) is 1. The van der Waals surface area contributed by atoms with Gasteiger partial charge in [0.15, 0.2) is 0 Å². The third kappa shape index (κ3) is 7.34. The molecule has 0 saturated heterocycles. The maximum atomic E-state index is 11.0. The second kappa shape index (κ2) is 7.12. The van der Waals surface area contributed by atoms with E-state index in [0.29, 0.717) is 6.54 Å². The summed E-state index contributed by atoms with van der Waals surface area (Å²) in [6.45, 7) is 7.44. The first kappa shape index (κ1) is 12.7. The zero-order valence-corrected chi connectivity index (χ0v) is 8.71. The average Bonchev–Trinajstić information content (AvgIpc) is 2.10. The van der Waals surface area contributed by atoms with Crippen LogP contribution in [0.3, 0.4) is 0 Å². The van der Waals surface area contributed by atoms with Gasteiger partial charge in [0.05, 0.1) is 12.5 Å². The Morgan fingerprint density at radius 3 is 2.57 bits per heavy atom. The quantitative estimate of drug-likeness (QED) is 0.513. The van der Waals surface area contributed by atoms with Crippen molar-refractivity contribution in [2.75, 3.05) is 6.54 Å². The maximum absolute atomic E-state index is 11.0. The monoisotopic (exact) mass is 199 g/mol. The predicted molar refractivity (Wildman–Crippen MR) is 53.7 cm³/mol. The van der Waals surface area contributed by atoms with Crippen molar-refractivity contribution >= 4 is 11.9 Å². The van der Waals surface area contributed by atoms with Crippen LogP contribution < -0.4 is 5.32 Å². The van der Waals surface area contributed by atoms with Crippen LogP contribution in [-0.2, 0) is 14.3 Å². The molecular formula is C10H17NO3. The van der Waals surface area contributed by atoms with Crippen molar-refractivity contribution in [2.24, 2.45) is 0 Å². The molecule has 14 heavy (non-hydrogen) atoms. The highest BCUT2D eigenvalue weighted by molar-refractivity contribution is 5.81. The molecule has 4 nitrogen and oxygen atoms in total. The molecule has 1 N–H and O–H groups in total. The highest BCUT2D eigenvalue weighted by Crippen LogP contribution is 1.96. The summed E-state index contributed by atoms with van der Waals surface area (Å²) in [6.07, 6.45) is 1.75. The Bertz CT molecular complexity index is 211. The third-order valence-corrected chi connectivity index (χ3v) is 1.37. The highest BCUT2D eigenvalue weighted by Gasteiger charge is 2.08. The van der Waals surface area contributed by atoms with E-state index < -0.39 is 0 Å². The Morgan fingerprint density at radius 2 is 2.07 bits per heavy atom. The summed E-state index contributed by atoms with van der Waals surface area (Å²) >= 11 is 0. The Labute approximate surface area is 84.3 Å². The molecule has 4 heteroatoms. The predicted octanol–water partition coefficient (Wildman–Crippen LogP) is 1.02. The van der Waals surface area contributed by atoms with E-state index in [-0.39, 0.29) is 30.8 Å². The van der Waals surface area contributed by atoms with Gasteiger partial charge in [-0.1, -0.05) is 6.08 Å². The van der Waals surface area contributed by atoms with Crippen molar-refractivity contribution < 1.29 is 14.3 Å². The number of rotatable bonds is 6. The van der Waals surface area contributed by atoms with E-state index in [1.807, 2.05) is 0 Å². The summed E-state index contributed by atoms with van der Waals surface area (Å²) in [5.74, 6) is -0.501. The second-order valence-corrected chi connectivity index (χ2v) is 3.13. The SMILES string of the molecule is C=CCNC(=O)CCC(=O)OC(C)C. The lowest BCUT2D eigenvalue weighted by Gasteiger charge is -2.07. The van der Waals surface area contributed by atoms with E-state index >= 15 is 0 Å². The molecule has 0 heterocycles. The number of esters is 1. The minimum atomic E-state index is -0.339. The molecule has 0 bridgehead atoms. The van der Waals surface area contributed by atoms with E-state index in [1.165, 1.54) is 0 Å². The number of nitrogens with one attached hydrogen (secondary N) is 1. The number of carbonyl (C=O) groups excluding carboxylic acids is 2. The molecule has 0 aromatic rings. The van der Waals surface area contributed by atoms with E-state index in [0.717, 1.165) is 0 Å². The Balaban J connectivity index is 3.55. The highest BCUT2D eigenvalue weighted by atomic mass is 16.5. The van der Waals surface area contributed by atoms with Crippen LogP contribution in [0, 0.1) is 0 Å². The molecule has 0 radical (unpaired) electrons. The van der Waals surface area contributed by atoms with Gasteiger partial charge in [-0.25, -0.2) is 0 Å². The molecule has 0 aromatic heterocycles. The van der Waals surface area contributed by atoms with Gasteiger partial charge in [0.2, 0.25) is 5.91 Å². The van der Waals surface area contributed by atoms with E-state index in [1.54, 1.807) is 19.9 Å². The van der Waals surface area contributed by atoms with Crippen LogP contribution in [0.2, 0.25) is 0 Å². The van der Waals surface area contributed by atoms with Gasteiger partial charge in [-0.2, -0.15) is 0 Å². The van der Waals surface area contributed by atoms with Crippen LogP contribution in [0.5, 0.6) is 0 Å². The van der Waals surface area contributed by atoms with Crippen LogP contribution in [0.25, 0.3) is 0 Å². The maximum Gasteiger partial charge on any atom is 0.306 e. The van der Waals surface area contributed by atoms with Gasteiger partial charge in [-0.15, -0.1) is 6.58 Å². The van der Waals surface area contributed by atoms with Gasteiger partial charge in [0.25, 0.3) is 0 Å². The molecule has 1 amide bonds. The fourth-order valence-electron chi connectivity index (χ4n) is 0.812. The standard InChI is InChI=1S/C10H17NO3/c1-4-7-11-9(12)5-6-10(13)14-8(2)3/h4,8H,1,5-7H2,2-3H3,(H,11,12). The first-order valence-corrected chi connectivity index (χ1v) is 4.63. The number of amides is 1. The van der Waals surface area contributed by atoms with Crippen LogP contribution in [0.1, 0.15) is 26.7 Å². The van der Waals surface area contributed by atoms with E-state index in [2.05, 4.69) is 11.9 Å². The van der Waals surface area contributed by atoms with Crippen LogP contribution in [-0.4, -0.2) is 24.5 Å². The van der Waals surface area contributed by atoms with Crippen molar-refractivity contribution in [3.63, 3.8) is 0 Å². The molecular weight excluding hydrogens is 182 g/mol. The molecule has 0 aromatic carbocycles. The summed E-state index contributed by atoms with van der Waals surface area (Å²) in [4.78, 5) is 22.0. The van der Waals surface area contributed by atoms with E-state index in [9.17, 15) is 9.59 Å². The van der Waals surface area contributed by atoms with Crippen molar-refractivity contribution in [2.45, 2.75) is 32.8 Å². The first-order valence-electron chi connectivity index (χ1n) is 4.63. The average molecular weight is 199 g/mol. The molecule has 0 aliphatic heterocycles. The van der Waals surface area contributed by atoms with Crippen LogP contribution in [0.4, 0.5) is 0 Å². The summed E-state index contributed by atoms with van der Waals surface area (Å²) in [7, 11) is 0. The van der Waals surface area contributed by atoms with Gasteiger partial charge in [-0.05, 0) is 13.8 Å². The molecule has 0 fully saturated rings. The largest absolute Gasteiger partial charge is 0.463 e. The normalized spacial score (nSPS) is 9.64. The Hall–Kier alpha value is -1.32. The molecule has 0 unspecified atom stereocenters. The van der Waals surface area contributed by atoms with Gasteiger partial charge in [-0.3, -0.25) is 9.59 Å². The first-order chi connectivity index (χ1) is 6.56. The molecule has 0 atom stereocenters. The second-order valence-electron chi connectivity index (χ2n) is 3.13. The van der Waals surface area contributed by atoms with Gasteiger partial charge >= 0.3 is 5.97 Å². The number of hydrogen-bond donors (Lipinski definition) is 1. The Kier molecular flexibility index (Phi) is 6.45. The molecule has 0 aliphatic carbocycles. The van der Waals surface area contributed by atoms with E-state index in [4.69, 9.17) is 4.74 Å². The van der Waals surface area contributed by atoms with Crippen LogP contribution >= 0.6 is 0 Å². The summed E-state index contributed by atoms with van der Waals surface area (Å²) in [5, 5.41) is 2.58. The lowest BCUT2D eigenvalue weighted by molar-refractivity contribution is -0.148. The molecule has 0 spiro atoms. The fraction of sp³-hybridized carbons (Fsp3) is 0.600. The van der Waals surface area contributed by atoms with Gasteiger partial charge < -0.3 is 10.1 Å².